The highest BCUT2D eigenvalue weighted by Gasteiger charge is 2.47. The normalized spacial score (nSPS) is 21.8. The molecule has 3 rings (SSSR count). The second kappa shape index (κ2) is 8.57. The molecule has 0 N–H and O–H groups in total. The van der Waals surface area contributed by atoms with E-state index in [1.165, 1.54) is 11.1 Å². The minimum absolute atomic E-state index is 0.0662. The van der Waals surface area contributed by atoms with Gasteiger partial charge in [0.15, 0.2) is 0 Å². The lowest BCUT2D eigenvalue weighted by Crippen LogP contribution is -2.65. The standard InChI is InChI=1S/C21H30N4O5/c1-6-29-19(27)14-11-22-13(2)23-18(14)24-12-17(26)25(20(28)30-21(3,4)5)16-10-8-7-9-15(16)24/h11,15-16H,6-10,12H2,1-5H3/t15-,16+/m1/s1. The minimum Gasteiger partial charge on any atom is -0.462 e. The van der Waals surface area contributed by atoms with Crippen LogP contribution in [0.2, 0.25) is 0 Å². The van der Waals surface area contributed by atoms with Crippen LogP contribution >= 0.6 is 0 Å². The van der Waals surface area contributed by atoms with Crippen LogP contribution in [0, 0.1) is 6.92 Å². The van der Waals surface area contributed by atoms with E-state index in [0.717, 1.165) is 19.3 Å². The molecule has 1 aromatic rings. The largest absolute Gasteiger partial charge is 0.462 e. The summed E-state index contributed by atoms with van der Waals surface area (Å²) in [6.07, 6.45) is 4.17. The Labute approximate surface area is 176 Å². The third kappa shape index (κ3) is 4.55. The third-order valence-electron chi connectivity index (χ3n) is 5.25. The highest BCUT2D eigenvalue weighted by Crippen LogP contribution is 2.35. The molecule has 1 saturated carbocycles. The van der Waals surface area contributed by atoms with Gasteiger partial charge in [-0.1, -0.05) is 12.8 Å². The van der Waals surface area contributed by atoms with Crippen molar-refractivity contribution in [3.05, 3.63) is 17.6 Å². The van der Waals surface area contributed by atoms with Crippen LogP contribution in [0.5, 0.6) is 0 Å². The second-order valence-corrected chi connectivity index (χ2v) is 8.67. The van der Waals surface area contributed by atoms with E-state index in [1.807, 2.05) is 4.90 Å². The molecule has 2 fully saturated rings. The van der Waals surface area contributed by atoms with Gasteiger partial charge in [-0.15, -0.1) is 0 Å². The van der Waals surface area contributed by atoms with Crippen molar-refractivity contribution in [2.75, 3.05) is 18.1 Å². The van der Waals surface area contributed by atoms with Crippen molar-refractivity contribution in [1.82, 2.24) is 14.9 Å². The van der Waals surface area contributed by atoms with Gasteiger partial charge >= 0.3 is 12.1 Å². The molecule has 9 heteroatoms. The van der Waals surface area contributed by atoms with E-state index in [9.17, 15) is 14.4 Å². The zero-order valence-electron chi connectivity index (χ0n) is 18.3. The summed E-state index contributed by atoms with van der Waals surface area (Å²) in [6, 6.07) is -0.480. The van der Waals surface area contributed by atoms with Crippen molar-refractivity contribution in [3.8, 4) is 0 Å². The molecule has 0 radical (unpaired) electrons. The zero-order chi connectivity index (χ0) is 22.1. The lowest BCUT2D eigenvalue weighted by Gasteiger charge is -2.49. The van der Waals surface area contributed by atoms with Crippen LogP contribution in [0.3, 0.4) is 0 Å². The molecule has 2 amide bonds. The molecular weight excluding hydrogens is 388 g/mol. The number of hydrogen-bond donors (Lipinski definition) is 0. The molecule has 1 aliphatic heterocycles. The van der Waals surface area contributed by atoms with Gasteiger partial charge in [0.05, 0.1) is 25.2 Å². The summed E-state index contributed by atoms with van der Waals surface area (Å²) < 4.78 is 10.7. The Morgan fingerprint density at radius 1 is 1.20 bits per heavy atom. The Bertz CT molecular complexity index is 835. The first-order valence-electron chi connectivity index (χ1n) is 10.4. The van der Waals surface area contributed by atoms with E-state index < -0.39 is 17.7 Å². The SMILES string of the molecule is CCOC(=O)c1cnc(C)nc1N1CC(=O)N(C(=O)OC(C)(C)C)[C@H]2CCCC[C@H]21. The number of carbonyl (C=O) groups is 3. The van der Waals surface area contributed by atoms with Crippen molar-refractivity contribution in [1.29, 1.82) is 0 Å². The maximum absolute atomic E-state index is 13.1. The lowest BCUT2D eigenvalue weighted by atomic mass is 9.86. The summed E-state index contributed by atoms with van der Waals surface area (Å²) >= 11 is 0. The Kier molecular flexibility index (Phi) is 6.28. The quantitative estimate of drug-likeness (QED) is 0.691. The Balaban J connectivity index is 1.98. The third-order valence-corrected chi connectivity index (χ3v) is 5.25. The van der Waals surface area contributed by atoms with Gasteiger partial charge in [-0.3, -0.25) is 4.79 Å². The number of nitrogens with zero attached hydrogens (tertiary/aromatic N) is 4. The van der Waals surface area contributed by atoms with Crippen molar-refractivity contribution in [2.45, 2.75) is 78.0 Å². The molecule has 0 unspecified atom stereocenters. The van der Waals surface area contributed by atoms with Gasteiger partial charge in [-0.05, 0) is 47.5 Å². The number of rotatable bonds is 3. The predicted octanol–water partition coefficient (Wildman–Crippen LogP) is 2.86. The molecule has 0 aromatic carbocycles. The fourth-order valence-corrected chi connectivity index (χ4v) is 4.09. The van der Waals surface area contributed by atoms with Crippen molar-refractivity contribution in [2.24, 2.45) is 0 Å². The van der Waals surface area contributed by atoms with Crippen molar-refractivity contribution < 1.29 is 23.9 Å². The van der Waals surface area contributed by atoms with Crippen LogP contribution in [0.4, 0.5) is 10.6 Å². The van der Waals surface area contributed by atoms with Gasteiger partial charge in [0.2, 0.25) is 0 Å². The van der Waals surface area contributed by atoms with E-state index >= 15 is 0 Å². The zero-order valence-corrected chi connectivity index (χ0v) is 18.3. The van der Waals surface area contributed by atoms with E-state index in [4.69, 9.17) is 9.47 Å². The summed E-state index contributed by atoms with van der Waals surface area (Å²) in [7, 11) is 0. The predicted molar refractivity (Wildman–Crippen MR) is 109 cm³/mol. The Hall–Kier alpha value is -2.71. The summed E-state index contributed by atoms with van der Waals surface area (Å²) in [5, 5.41) is 0. The van der Waals surface area contributed by atoms with Gasteiger partial charge < -0.3 is 14.4 Å². The maximum Gasteiger partial charge on any atom is 0.417 e. The average Bonchev–Trinajstić information content (AvgIpc) is 2.65. The minimum atomic E-state index is -0.695. The molecule has 2 atom stereocenters. The number of aryl methyl sites for hydroxylation is 1. The monoisotopic (exact) mass is 418 g/mol. The van der Waals surface area contributed by atoms with Crippen LogP contribution in [0.25, 0.3) is 0 Å². The van der Waals surface area contributed by atoms with Crippen LogP contribution in [-0.2, 0) is 14.3 Å². The lowest BCUT2D eigenvalue weighted by molar-refractivity contribution is -0.134. The fraction of sp³-hybridized carbons (Fsp3) is 0.667. The number of ether oxygens (including phenoxy) is 2. The van der Waals surface area contributed by atoms with E-state index in [-0.39, 0.29) is 36.7 Å². The smallest absolute Gasteiger partial charge is 0.417 e. The topological polar surface area (TPSA) is 102 Å². The first-order chi connectivity index (χ1) is 14.1. The molecule has 2 aliphatic rings. The number of carbonyl (C=O) groups excluding carboxylic acids is 3. The number of esters is 1. The molecule has 0 bridgehead atoms. The second-order valence-electron chi connectivity index (χ2n) is 8.67. The van der Waals surface area contributed by atoms with Gasteiger partial charge in [-0.2, -0.15) is 0 Å². The van der Waals surface area contributed by atoms with Gasteiger partial charge in [0.1, 0.15) is 22.8 Å². The number of hydrogen-bond acceptors (Lipinski definition) is 8. The van der Waals surface area contributed by atoms with Gasteiger partial charge in [0, 0.05) is 6.20 Å². The number of piperazine rings is 1. The van der Waals surface area contributed by atoms with E-state index in [2.05, 4.69) is 9.97 Å². The molecule has 9 nitrogen and oxygen atoms in total. The van der Waals surface area contributed by atoms with Crippen molar-refractivity contribution >= 4 is 23.8 Å². The highest BCUT2D eigenvalue weighted by atomic mass is 16.6. The first-order valence-corrected chi connectivity index (χ1v) is 10.4. The number of fused-ring (bicyclic) bond motifs is 1. The molecule has 0 spiro atoms. The maximum atomic E-state index is 13.1. The van der Waals surface area contributed by atoms with Gasteiger partial charge in [0.25, 0.3) is 5.91 Å². The Morgan fingerprint density at radius 2 is 1.87 bits per heavy atom. The van der Waals surface area contributed by atoms with Crippen LogP contribution < -0.4 is 4.90 Å². The average molecular weight is 418 g/mol. The summed E-state index contributed by atoms with van der Waals surface area (Å²) in [6.45, 7) is 8.95. The summed E-state index contributed by atoms with van der Waals surface area (Å²) in [5.74, 6) is -0.0113. The summed E-state index contributed by atoms with van der Waals surface area (Å²) in [5.41, 5.74) is -0.468. The number of anilines is 1. The van der Waals surface area contributed by atoms with E-state index in [1.54, 1.807) is 34.6 Å². The molecule has 30 heavy (non-hydrogen) atoms. The Morgan fingerprint density at radius 3 is 2.50 bits per heavy atom. The van der Waals surface area contributed by atoms with E-state index in [0.29, 0.717) is 18.1 Å². The fourth-order valence-electron chi connectivity index (χ4n) is 4.09. The molecule has 1 aliphatic carbocycles. The summed E-state index contributed by atoms with van der Waals surface area (Å²) in [4.78, 5) is 50.1. The van der Waals surface area contributed by atoms with Crippen molar-refractivity contribution in [3.63, 3.8) is 0 Å². The highest BCUT2D eigenvalue weighted by molar-refractivity contribution is 5.99. The van der Waals surface area contributed by atoms with Gasteiger partial charge in [-0.25, -0.2) is 24.5 Å². The molecule has 1 aromatic heterocycles. The first kappa shape index (κ1) is 22.0. The molecule has 1 saturated heterocycles. The number of imide groups is 1. The van der Waals surface area contributed by atoms with Crippen LogP contribution in [0.1, 0.15) is 69.6 Å². The molecular formula is C21H30N4O5. The number of amides is 2. The van der Waals surface area contributed by atoms with Crippen LogP contribution in [-0.4, -0.2) is 63.7 Å². The molecule has 164 valence electrons. The molecule has 2 heterocycles. The number of aromatic nitrogens is 2. The van der Waals surface area contributed by atoms with Crippen LogP contribution in [0.15, 0.2) is 6.20 Å².